The Hall–Kier alpha value is -2.53. The Bertz CT molecular complexity index is 1130. The quantitative estimate of drug-likeness (QED) is 0.453. The van der Waals surface area contributed by atoms with Gasteiger partial charge >= 0.3 is 0 Å². The summed E-state index contributed by atoms with van der Waals surface area (Å²) in [7, 11) is -3.81. The van der Waals surface area contributed by atoms with E-state index in [-0.39, 0.29) is 43.4 Å². The average Bonchev–Trinajstić information content (AvgIpc) is 2.76. The molecule has 7 nitrogen and oxygen atoms in total. The second kappa shape index (κ2) is 12.3. The second-order valence-electron chi connectivity index (χ2n) is 7.76. The highest BCUT2D eigenvalue weighted by Crippen LogP contribution is 2.22. The number of hydrogen-bond acceptors (Lipinski definition) is 4. The molecule has 0 radical (unpaired) electrons. The van der Waals surface area contributed by atoms with Crippen LogP contribution in [0.3, 0.4) is 0 Å². The van der Waals surface area contributed by atoms with Crippen LogP contribution in [-0.4, -0.2) is 50.5 Å². The van der Waals surface area contributed by atoms with E-state index in [4.69, 9.17) is 0 Å². The molecule has 0 aromatic heterocycles. The zero-order chi connectivity index (χ0) is 25.5. The van der Waals surface area contributed by atoms with Gasteiger partial charge in [0.05, 0.1) is 11.9 Å². The van der Waals surface area contributed by atoms with Crippen LogP contribution in [-0.2, 0) is 26.2 Å². The maximum atomic E-state index is 13.6. The summed E-state index contributed by atoms with van der Waals surface area (Å²) in [5.74, 6) is -2.89. The van der Waals surface area contributed by atoms with Gasteiger partial charge in [0.25, 0.3) is 0 Å². The Labute approximate surface area is 207 Å². The van der Waals surface area contributed by atoms with Crippen molar-refractivity contribution in [3.8, 4) is 0 Å². The number of anilines is 1. The van der Waals surface area contributed by atoms with Gasteiger partial charge in [-0.05, 0) is 50.1 Å². The fourth-order valence-corrected chi connectivity index (χ4v) is 4.78. The minimum absolute atomic E-state index is 0.0319. The molecule has 0 aliphatic rings. The Morgan fingerprint density at radius 1 is 1.12 bits per heavy atom. The molecule has 2 aromatic carbocycles. The Morgan fingerprint density at radius 3 is 2.41 bits per heavy atom. The van der Waals surface area contributed by atoms with E-state index < -0.39 is 27.7 Å². The first kappa shape index (κ1) is 27.7. The molecule has 0 spiro atoms. The number of sulfonamides is 1. The number of halogens is 3. The van der Waals surface area contributed by atoms with Crippen molar-refractivity contribution in [2.75, 3.05) is 23.7 Å². The first-order chi connectivity index (χ1) is 15.9. The van der Waals surface area contributed by atoms with Gasteiger partial charge in [0, 0.05) is 36.6 Å². The maximum absolute atomic E-state index is 13.6. The van der Waals surface area contributed by atoms with Gasteiger partial charge in [0.2, 0.25) is 21.8 Å². The third-order valence-electron chi connectivity index (χ3n) is 5.10. The second-order valence-corrected chi connectivity index (χ2v) is 10.6. The fraction of sp³-hybridized carbons (Fsp3) is 0.391. The highest BCUT2D eigenvalue weighted by molar-refractivity contribution is 9.10. The lowest BCUT2D eigenvalue weighted by atomic mass is 10.1. The van der Waals surface area contributed by atoms with Crippen LogP contribution < -0.4 is 9.62 Å². The van der Waals surface area contributed by atoms with Gasteiger partial charge in [-0.15, -0.1) is 0 Å². The predicted molar refractivity (Wildman–Crippen MR) is 131 cm³/mol. The predicted octanol–water partition coefficient (Wildman–Crippen LogP) is 3.83. The van der Waals surface area contributed by atoms with Crippen molar-refractivity contribution in [1.82, 2.24) is 10.2 Å². The van der Waals surface area contributed by atoms with Crippen molar-refractivity contribution < 1.29 is 26.8 Å². The molecule has 2 amide bonds. The van der Waals surface area contributed by atoms with Crippen LogP contribution in [0.2, 0.25) is 0 Å². The molecule has 186 valence electrons. The van der Waals surface area contributed by atoms with Crippen molar-refractivity contribution in [2.45, 2.75) is 39.3 Å². The number of carbonyl (C=O) groups is 2. The first-order valence-electron chi connectivity index (χ1n) is 10.7. The highest BCUT2D eigenvalue weighted by atomic mass is 79.9. The normalized spacial score (nSPS) is 12.2. The summed E-state index contributed by atoms with van der Waals surface area (Å²) in [5.41, 5.74) is 0.786. The van der Waals surface area contributed by atoms with E-state index in [1.807, 2.05) is 24.3 Å². The standard InChI is InChI=1S/C23H28BrF2N3O4S/c1-4-27-23(31)16(2)28(15-17-7-5-8-18(24)13-17)22(30)9-6-12-29(34(3,32)33)19-10-11-20(25)21(26)14-19/h5,7-8,10-11,13-14,16H,4,6,9,12,15H2,1-3H3,(H,27,31)/t16-/m0/s1. The number of hydrogen-bond donors (Lipinski definition) is 1. The lowest BCUT2D eigenvalue weighted by Crippen LogP contribution is -2.47. The van der Waals surface area contributed by atoms with Crippen LogP contribution in [0.25, 0.3) is 0 Å². The molecule has 34 heavy (non-hydrogen) atoms. The monoisotopic (exact) mass is 559 g/mol. The zero-order valence-electron chi connectivity index (χ0n) is 19.2. The molecule has 11 heteroatoms. The number of amides is 2. The molecule has 0 bridgehead atoms. The van der Waals surface area contributed by atoms with E-state index in [0.29, 0.717) is 6.54 Å². The van der Waals surface area contributed by atoms with Gasteiger partial charge in [-0.3, -0.25) is 13.9 Å². The molecule has 0 unspecified atom stereocenters. The largest absolute Gasteiger partial charge is 0.355 e. The molecule has 1 atom stereocenters. The summed E-state index contributed by atoms with van der Waals surface area (Å²) < 4.78 is 53.2. The van der Waals surface area contributed by atoms with Crippen LogP contribution in [0, 0.1) is 11.6 Å². The molecule has 1 N–H and O–H groups in total. The van der Waals surface area contributed by atoms with E-state index in [2.05, 4.69) is 21.2 Å². The van der Waals surface area contributed by atoms with Gasteiger partial charge in [-0.2, -0.15) is 0 Å². The molecule has 0 aliphatic carbocycles. The number of carbonyl (C=O) groups excluding carboxylic acids is 2. The summed E-state index contributed by atoms with van der Waals surface area (Å²) in [6.07, 6.45) is 1.02. The van der Waals surface area contributed by atoms with Crippen molar-refractivity contribution >= 4 is 43.5 Å². The number of likely N-dealkylation sites (N-methyl/N-ethyl adjacent to an activating group) is 1. The van der Waals surface area contributed by atoms with Crippen LogP contribution >= 0.6 is 15.9 Å². The SMILES string of the molecule is CCNC(=O)[C@H](C)N(Cc1cccc(Br)c1)C(=O)CCCN(c1ccc(F)c(F)c1)S(C)(=O)=O. The number of rotatable bonds is 11. The van der Waals surface area contributed by atoms with Crippen molar-refractivity contribution in [3.63, 3.8) is 0 Å². The van der Waals surface area contributed by atoms with E-state index in [1.165, 1.54) is 4.90 Å². The van der Waals surface area contributed by atoms with Gasteiger partial charge in [0.1, 0.15) is 6.04 Å². The van der Waals surface area contributed by atoms with Crippen molar-refractivity contribution in [3.05, 3.63) is 64.1 Å². The molecular formula is C23H28BrF2N3O4S. The molecule has 0 fully saturated rings. The van der Waals surface area contributed by atoms with Gasteiger partial charge in [-0.25, -0.2) is 17.2 Å². The molecule has 2 aromatic rings. The number of benzene rings is 2. The Balaban J connectivity index is 2.17. The van der Waals surface area contributed by atoms with E-state index in [1.54, 1.807) is 13.8 Å². The molecule has 0 heterocycles. The summed E-state index contributed by atoms with van der Waals surface area (Å²) in [6, 6.07) is 9.42. The van der Waals surface area contributed by atoms with Crippen LogP contribution in [0.15, 0.2) is 46.9 Å². The summed E-state index contributed by atoms with van der Waals surface area (Å²) in [6.45, 7) is 3.90. The summed E-state index contributed by atoms with van der Waals surface area (Å²) in [4.78, 5) is 27.0. The fourth-order valence-electron chi connectivity index (χ4n) is 3.38. The lowest BCUT2D eigenvalue weighted by molar-refractivity contribution is -0.140. The van der Waals surface area contributed by atoms with Crippen LogP contribution in [0.5, 0.6) is 0 Å². The smallest absolute Gasteiger partial charge is 0.242 e. The molecular weight excluding hydrogens is 532 g/mol. The van der Waals surface area contributed by atoms with E-state index in [9.17, 15) is 26.8 Å². The lowest BCUT2D eigenvalue weighted by Gasteiger charge is -2.29. The van der Waals surface area contributed by atoms with E-state index >= 15 is 0 Å². The number of nitrogens with one attached hydrogen (secondary N) is 1. The van der Waals surface area contributed by atoms with E-state index in [0.717, 1.165) is 38.8 Å². The minimum Gasteiger partial charge on any atom is -0.355 e. The minimum atomic E-state index is -3.81. The molecule has 0 saturated carbocycles. The zero-order valence-corrected chi connectivity index (χ0v) is 21.6. The maximum Gasteiger partial charge on any atom is 0.242 e. The van der Waals surface area contributed by atoms with Crippen molar-refractivity contribution in [2.24, 2.45) is 0 Å². The molecule has 2 rings (SSSR count). The Kier molecular flexibility index (Phi) is 9.99. The summed E-state index contributed by atoms with van der Waals surface area (Å²) >= 11 is 3.39. The highest BCUT2D eigenvalue weighted by Gasteiger charge is 2.26. The number of nitrogens with zero attached hydrogens (tertiary/aromatic N) is 2. The topological polar surface area (TPSA) is 86.8 Å². The van der Waals surface area contributed by atoms with Crippen LogP contribution in [0.1, 0.15) is 32.3 Å². The van der Waals surface area contributed by atoms with Crippen molar-refractivity contribution in [1.29, 1.82) is 0 Å². The van der Waals surface area contributed by atoms with Gasteiger partial charge < -0.3 is 10.2 Å². The Morgan fingerprint density at radius 2 is 1.82 bits per heavy atom. The molecule has 0 aliphatic heterocycles. The van der Waals surface area contributed by atoms with Crippen LogP contribution in [0.4, 0.5) is 14.5 Å². The average molecular weight is 560 g/mol. The summed E-state index contributed by atoms with van der Waals surface area (Å²) in [5, 5.41) is 2.71. The third kappa shape index (κ3) is 7.76. The first-order valence-corrected chi connectivity index (χ1v) is 13.3. The third-order valence-corrected chi connectivity index (χ3v) is 6.79. The molecule has 0 saturated heterocycles. The van der Waals surface area contributed by atoms with Gasteiger partial charge in [0.15, 0.2) is 11.6 Å². The van der Waals surface area contributed by atoms with Gasteiger partial charge in [-0.1, -0.05) is 28.1 Å².